The number of hydrogen-bond donors (Lipinski definition) is 1. The van der Waals surface area contributed by atoms with Gasteiger partial charge in [0.15, 0.2) is 0 Å². The van der Waals surface area contributed by atoms with Crippen LogP contribution in [0.4, 0.5) is 0 Å². The van der Waals surface area contributed by atoms with E-state index in [0.717, 1.165) is 22.9 Å². The van der Waals surface area contributed by atoms with Crippen LogP contribution in [0, 0.1) is 0 Å². The predicted octanol–water partition coefficient (Wildman–Crippen LogP) is 1.97. The molecule has 1 aromatic rings. The Morgan fingerprint density at radius 2 is 2.42 bits per heavy atom. The number of thioether (sulfide) groups is 1. The Labute approximate surface area is 122 Å². The van der Waals surface area contributed by atoms with Crippen LogP contribution in [-0.2, 0) is 11.3 Å². The van der Waals surface area contributed by atoms with Crippen molar-refractivity contribution in [2.45, 2.75) is 12.6 Å². The SMILES string of the molecule is COc1ccc(Cl)cc1CN(C)C(=O)[C@@H]1CSCN1. The van der Waals surface area contributed by atoms with Gasteiger partial charge >= 0.3 is 0 Å². The number of nitrogens with zero attached hydrogens (tertiary/aromatic N) is 1. The van der Waals surface area contributed by atoms with Crippen LogP contribution in [-0.4, -0.2) is 42.6 Å². The minimum absolute atomic E-state index is 0.0832. The summed E-state index contributed by atoms with van der Waals surface area (Å²) in [5, 5.41) is 3.82. The Bertz CT molecular complexity index is 464. The first-order valence-corrected chi connectivity index (χ1v) is 7.53. The van der Waals surface area contributed by atoms with Crippen LogP contribution in [0.2, 0.25) is 5.02 Å². The molecular formula is C13H17ClN2O2S. The maximum Gasteiger partial charge on any atom is 0.240 e. The monoisotopic (exact) mass is 300 g/mol. The molecule has 0 spiro atoms. The number of carbonyl (C=O) groups excluding carboxylic acids is 1. The number of nitrogens with one attached hydrogen (secondary N) is 1. The van der Waals surface area contributed by atoms with E-state index in [9.17, 15) is 4.79 Å². The van der Waals surface area contributed by atoms with Crippen molar-refractivity contribution in [3.8, 4) is 5.75 Å². The average Bonchev–Trinajstić information content (AvgIpc) is 2.92. The van der Waals surface area contributed by atoms with Gasteiger partial charge in [-0.3, -0.25) is 10.1 Å². The molecule has 0 aliphatic carbocycles. The first-order valence-electron chi connectivity index (χ1n) is 6.00. The second kappa shape index (κ2) is 6.50. The lowest BCUT2D eigenvalue weighted by Crippen LogP contribution is -2.42. The molecule has 6 heteroatoms. The van der Waals surface area contributed by atoms with E-state index in [2.05, 4.69) is 5.32 Å². The summed E-state index contributed by atoms with van der Waals surface area (Å²) in [7, 11) is 3.41. The second-order valence-corrected chi connectivity index (χ2v) is 5.89. The van der Waals surface area contributed by atoms with Crippen LogP contribution >= 0.6 is 23.4 Å². The Morgan fingerprint density at radius 3 is 3.05 bits per heavy atom. The topological polar surface area (TPSA) is 41.6 Å². The Morgan fingerprint density at radius 1 is 1.63 bits per heavy atom. The first kappa shape index (κ1) is 14.5. The number of amides is 1. The van der Waals surface area contributed by atoms with Gasteiger partial charge in [0.05, 0.1) is 13.2 Å². The van der Waals surface area contributed by atoms with Gasteiger partial charge in [-0.05, 0) is 18.2 Å². The molecule has 1 saturated heterocycles. The van der Waals surface area contributed by atoms with Gasteiger partial charge in [0.2, 0.25) is 5.91 Å². The van der Waals surface area contributed by atoms with Gasteiger partial charge in [-0.2, -0.15) is 0 Å². The molecule has 1 atom stereocenters. The molecule has 0 saturated carbocycles. The van der Waals surface area contributed by atoms with E-state index >= 15 is 0 Å². The maximum atomic E-state index is 12.2. The number of ether oxygens (including phenoxy) is 1. The average molecular weight is 301 g/mol. The summed E-state index contributed by atoms with van der Waals surface area (Å²) in [6, 6.07) is 5.35. The maximum absolute atomic E-state index is 12.2. The second-order valence-electron chi connectivity index (χ2n) is 4.42. The molecule has 104 valence electrons. The van der Waals surface area contributed by atoms with Crippen molar-refractivity contribution in [1.82, 2.24) is 10.2 Å². The summed E-state index contributed by atoms with van der Waals surface area (Å²) < 4.78 is 5.29. The van der Waals surface area contributed by atoms with Gasteiger partial charge in [-0.25, -0.2) is 0 Å². The molecule has 1 aliphatic rings. The van der Waals surface area contributed by atoms with E-state index in [4.69, 9.17) is 16.3 Å². The normalized spacial score (nSPS) is 18.4. The van der Waals surface area contributed by atoms with E-state index in [1.54, 1.807) is 36.9 Å². The standard InChI is InChI=1S/C13H17ClN2O2S/c1-16(13(17)11-7-19-8-15-11)6-9-5-10(14)3-4-12(9)18-2/h3-5,11,15H,6-8H2,1-2H3/t11-/m0/s1. The highest BCUT2D eigenvalue weighted by Crippen LogP contribution is 2.24. The molecule has 0 bridgehead atoms. The highest BCUT2D eigenvalue weighted by Gasteiger charge is 2.25. The van der Waals surface area contributed by atoms with E-state index < -0.39 is 0 Å². The molecule has 1 heterocycles. The third-order valence-corrected chi connectivity index (χ3v) is 4.22. The zero-order chi connectivity index (χ0) is 13.8. The lowest BCUT2D eigenvalue weighted by atomic mass is 10.1. The van der Waals surface area contributed by atoms with Gasteiger partial charge in [-0.1, -0.05) is 11.6 Å². The predicted molar refractivity (Wildman–Crippen MR) is 78.7 cm³/mol. The number of methoxy groups -OCH3 is 1. The molecule has 1 aliphatic heterocycles. The van der Waals surface area contributed by atoms with Crippen molar-refractivity contribution in [3.05, 3.63) is 28.8 Å². The summed E-state index contributed by atoms with van der Waals surface area (Å²) in [4.78, 5) is 13.9. The Hall–Kier alpha value is -0.910. The zero-order valence-corrected chi connectivity index (χ0v) is 12.6. The summed E-state index contributed by atoms with van der Waals surface area (Å²) >= 11 is 7.73. The minimum atomic E-state index is -0.0832. The molecule has 1 amide bonds. The number of carbonyl (C=O) groups is 1. The summed E-state index contributed by atoms with van der Waals surface area (Å²) in [6.45, 7) is 0.491. The fraction of sp³-hybridized carbons (Fsp3) is 0.462. The molecule has 1 aromatic carbocycles. The van der Waals surface area contributed by atoms with Crippen molar-refractivity contribution in [2.24, 2.45) is 0 Å². The van der Waals surface area contributed by atoms with Gasteiger partial charge in [-0.15, -0.1) is 11.8 Å². The molecule has 0 unspecified atom stereocenters. The largest absolute Gasteiger partial charge is 0.496 e. The van der Waals surface area contributed by atoms with E-state index in [1.807, 2.05) is 12.1 Å². The fourth-order valence-electron chi connectivity index (χ4n) is 2.02. The molecular weight excluding hydrogens is 284 g/mol. The van der Waals surface area contributed by atoms with Gasteiger partial charge < -0.3 is 9.64 Å². The summed E-state index contributed by atoms with van der Waals surface area (Å²) in [6.07, 6.45) is 0. The van der Waals surface area contributed by atoms with Gasteiger partial charge in [0, 0.05) is 35.8 Å². The first-order chi connectivity index (χ1) is 9.11. The lowest BCUT2D eigenvalue weighted by Gasteiger charge is -2.22. The van der Waals surface area contributed by atoms with Crippen molar-refractivity contribution in [1.29, 1.82) is 0 Å². The van der Waals surface area contributed by atoms with E-state index in [1.165, 1.54) is 0 Å². The summed E-state index contributed by atoms with van der Waals surface area (Å²) in [5.41, 5.74) is 0.913. The number of rotatable bonds is 4. The highest BCUT2D eigenvalue weighted by atomic mass is 35.5. The van der Waals surface area contributed by atoms with Crippen molar-refractivity contribution in [3.63, 3.8) is 0 Å². The molecule has 1 N–H and O–H groups in total. The number of benzene rings is 1. The van der Waals surface area contributed by atoms with E-state index in [0.29, 0.717) is 11.6 Å². The van der Waals surface area contributed by atoms with Crippen LogP contribution < -0.4 is 10.1 Å². The van der Waals surface area contributed by atoms with Crippen LogP contribution in [0.25, 0.3) is 0 Å². The molecule has 4 nitrogen and oxygen atoms in total. The van der Waals surface area contributed by atoms with Gasteiger partial charge in [0.1, 0.15) is 5.75 Å². The highest BCUT2D eigenvalue weighted by molar-refractivity contribution is 7.99. The number of halogens is 1. The smallest absolute Gasteiger partial charge is 0.240 e. The van der Waals surface area contributed by atoms with Crippen LogP contribution in [0.3, 0.4) is 0 Å². The lowest BCUT2D eigenvalue weighted by molar-refractivity contribution is -0.131. The third-order valence-electron chi connectivity index (χ3n) is 3.04. The summed E-state index contributed by atoms with van der Waals surface area (Å²) in [5.74, 6) is 2.52. The van der Waals surface area contributed by atoms with Crippen LogP contribution in [0.15, 0.2) is 18.2 Å². The number of hydrogen-bond acceptors (Lipinski definition) is 4. The third kappa shape index (κ3) is 3.55. The minimum Gasteiger partial charge on any atom is -0.496 e. The molecule has 2 rings (SSSR count). The van der Waals surface area contributed by atoms with Crippen molar-refractivity contribution >= 4 is 29.3 Å². The van der Waals surface area contributed by atoms with Crippen molar-refractivity contribution in [2.75, 3.05) is 25.8 Å². The quantitative estimate of drug-likeness (QED) is 0.923. The fourth-order valence-corrected chi connectivity index (χ4v) is 3.15. The Balaban J connectivity index is 2.07. The number of likely N-dealkylation sites (N-methyl/N-ethyl adjacent to an activating group) is 1. The molecule has 1 fully saturated rings. The molecule has 19 heavy (non-hydrogen) atoms. The van der Waals surface area contributed by atoms with Crippen LogP contribution in [0.5, 0.6) is 5.75 Å². The van der Waals surface area contributed by atoms with Gasteiger partial charge in [0.25, 0.3) is 0 Å². The molecule has 0 aromatic heterocycles. The zero-order valence-electron chi connectivity index (χ0n) is 11.0. The Kier molecular flexibility index (Phi) is 4.96. The van der Waals surface area contributed by atoms with Crippen molar-refractivity contribution < 1.29 is 9.53 Å². The van der Waals surface area contributed by atoms with Crippen LogP contribution in [0.1, 0.15) is 5.56 Å². The van der Waals surface area contributed by atoms with E-state index in [-0.39, 0.29) is 11.9 Å². The molecule has 0 radical (unpaired) electrons.